The van der Waals surface area contributed by atoms with Crippen LogP contribution in [0.4, 0.5) is 11.6 Å². The van der Waals surface area contributed by atoms with Gasteiger partial charge in [0.15, 0.2) is 11.5 Å². The fourth-order valence-corrected chi connectivity index (χ4v) is 5.29. The van der Waals surface area contributed by atoms with Crippen LogP contribution in [-0.2, 0) is 13.0 Å². The van der Waals surface area contributed by atoms with E-state index in [1.807, 2.05) is 13.8 Å². The first-order valence-electron chi connectivity index (χ1n) is 12.2. The molecule has 0 unspecified atom stereocenters. The Hall–Kier alpha value is -3.55. The van der Waals surface area contributed by atoms with Crippen molar-refractivity contribution >= 4 is 28.4 Å². The van der Waals surface area contributed by atoms with Crippen molar-refractivity contribution < 1.29 is 9.47 Å². The van der Waals surface area contributed by atoms with Crippen molar-refractivity contribution in [2.75, 3.05) is 39.3 Å². The zero-order valence-corrected chi connectivity index (χ0v) is 21.1. The molecule has 184 valence electrons. The number of fused-ring (bicyclic) bond motifs is 2. The molecule has 8 heteroatoms. The second kappa shape index (κ2) is 9.24. The summed E-state index contributed by atoms with van der Waals surface area (Å²) in [6.45, 7) is 6.57. The number of aromatic nitrogens is 2. The third-order valence-electron chi connectivity index (χ3n) is 7.07. The molecule has 2 aliphatic rings. The highest BCUT2D eigenvalue weighted by Gasteiger charge is 2.25. The lowest BCUT2D eigenvalue weighted by Crippen LogP contribution is -2.33. The van der Waals surface area contributed by atoms with Crippen LogP contribution in [0.2, 0.25) is 0 Å². The number of benzene rings is 2. The number of aromatic amines is 1. The first kappa shape index (κ1) is 23.2. The number of hydrogen-bond donors (Lipinski definition) is 1. The molecule has 35 heavy (non-hydrogen) atoms. The van der Waals surface area contributed by atoms with Gasteiger partial charge in [-0.25, -0.2) is 9.98 Å². The Balaban J connectivity index is 1.53. The maximum absolute atomic E-state index is 13.3. The number of methoxy groups -OCH3 is 2. The van der Waals surface area contributed by atoms with E-state index in [2.05, 4.69) is 40.0 Å². The summed E-state index contributed by atoms with van der Waals surface area (Å²) in [7, 11) is 5.31. The average Bonchev–Trinajstić information content (AvgIpc) is 3.26. The van der Waals surface area contributed by atoms with Crippen LogP contribution in [0.3, 0.4) is 0 Å². The average molecular weight is 476 g/mol. The molecule has 1 fully saturated rings. The Bertz CT molecular complexity index is 1360. The van der Waals surface area contributed by atoms with Crippen molar-refractivity contribution in [2.45, 2.75) is 45.6 Å². The largest absolute Gasteiger partial charge is 0.493 e. The third kappa shape index (κ3) is 4.11. The van der Waals surface area contributed by atoms with Gasteiger partial charge >= 0.3 is 0 Å². The van der Waals surface area contributed by atoms with E-state index in [0.29, 0.717) is 34.9 Å². The fraction of sp³-hybridized carbons (Fsp3) is 0.444. The molecule has 5 rings (SSSR count). The van der Waals surface area contributed by atoms with E-state index in [1.54, 1.807) is 20.3 Å². The molecule has 8 nitrogen and oxygen atoms in total. The lowest BCUT2D eigenvalue weighted by Gasteiger charge is -2.30. The Kier molecular flexibility index (Phi) is 6.13. The quantitative estimate of drug-likeness (QED) is 0.590. The van der Waals surface area contributed by atoms with Gasteiger partial charge in [-0.1, -0.05) is 26.0 Å². The number of nitrogens with zero attached hydrogens (tertiary/aromatic N) is 4. The van der Waals surface area contributed by atoms with Crippen molar-refractivity contribution in [1.29, 1.82) is 0 Å². The summed E-state index contributed by atoms with van der Waals surface area (Å²) in [4.78, 5) is 30.6. The number of H-pyrrole nitrogens is 1. The SMILES string of the molecule is COc1cc2nc(N3CCc4c(cccc4N=C4CCCN4C)C3)[nH]c(=O)c2c(C(C)C)c1OC. The van der Waals surface area contributed by atoms with Crippen LogP contribution in [0.15, 0.2) is 34.1 Å². The molecule has 0 bridgehead atoms. The lowest BCUT2D eigenvalue weighted by molar-refractivity contribution is 0.351. The molecule has 0 spiro atoms. The fourth-order valence-electron chi connectivity index (χ4n) is 5.29. The number of amidine groups is 1. The van der Waals surface area contributed by atoms with E-state index in [4.69, 9.17) is 19.5 Å². The monoisotopic (exact) mass is 475 g/mol. The van der Waals surface area contributed by atoms with Gasteiger partial charge in [0, 0.05) is 44.7 Å². The zero-order valence-electron chi connectivity index (χ0n) is 21.1. The Labute approximate surface area is 205 Å². The number of nitrogens with one attached hydrogen (secondary N) is 1. The number of likely N-dealkylation sites (tertiary alicyclic amines) is 1. The summed E-state index contributed by atoms with van der Waals surface area (Å²) < 4.78 is 11.2. The van der Waals surface area contributed by atoms with Crippen LogP contribution in [0.1, 0.15) is 49.3 Å². The van der Waals surface area contributed by atoms with Crippen molar-refractivity contribution in [2.24, 2.45) is 4.99 Å². The van der Waals surface area contributed by atoms with Crippen LogP contribution in [0, 0.1) is 0 Å². The van der Waals surface area contributed by atoms with Gasteiger partial charge in [0.1, 0.15) is 5.84 Å². The second-order valence-electron chi connectivity index (χ2n) is 9.60. The molecule has 1 N–H and O–H groups in total. The molecule has 1 saturated heterocycles. The van der Waals surface area contributed by atoms with Crippen LogP contribution in [0.5, 0.6) is 11.5 Å². The molecule has 0 saturated carbocycles. The number of ether oxygens (including phenoxy) is 2. The standard InChI is InChI=1S/C27H33N5O3/c1-16(2)23-24-20(14-21(34-4)25(23)35-5)29-27(30-26(24)33)32-13-11-18-17(15-32)8-6-9-19(18)28-22-10-7-12-31(22)3/h6,8-9,14,16H,7,10-13,15H2,1-5H3,(H,29,30,33). The first-order valence-corrected chi connectivity index (χ1v) is 12.2. The van der Waals surface area contributed by atoms with Gasteiger partial charge in [-0.05, 0) is 36.0 Å². The minimum atomic E-state index is -0.162. The number of hydrogen-bond acceptors (Lipinski definition) is 6. The minimum absolute atomic E-state index is 0.0668. The number of aliphatic imine (C=N–C) groups is 1. The Morgan fingerprint density at radius 3 is 2.66 bits per heavy atom. The van der Waals surface area contributed by atoms with Crippen molar-refractivity contribution in [3.63, 3.8) is 0 Å². The predicted octanol–water partition coefficient (Wildman–Crippen LogP) is 4.38. The molecule has 3 aromatic rings. The molecule has 3 heterocycles. The first-order chi connectivity index (χ1) is 16.9. The molecule has 1 aromatic heterocycles. The van der Waals surface area contributed by atoms with Crippen molar-refractivity contribution in [1.82, 2.24) is 14.9 Å². The second-order valence-corrected chi connectivity index (χ2v) is 9.60. The highest BCUT2D eigenvalue weighted by atomic mass is 16.5. The molecule has 2 aromatic carbocycles. The van der Waals surface area contributed by atoms with Crippen LogP contribution in [-0.4, -0.2) is 55.1 Å². The highest BCUT2D eigenvalue weighted by Crippen LogP contribution is 2.40. The van der Waals surface area contributed by atoms with E-state index in [1.165, 1.54) is 11.1 Å². The number of rotatable bonds is 5. The smallest absolute Gasteiger partial charge is 0.260 e. The zero-order chi connectivity index (χ0) is 24.7. The summed E-state index contributed by atoms with van der Waals surface area (Å²) in [6, 6.07) is 8.12. The molecular formula is C27H33N5O3. The van der Waals surface area contributed by atoms with E-state index in [-0.39, 0.29) is 11.5 Å². The van der Waals surface area contributed by atoms with Crippen molar-refractivity contribution in [3.8, 4) is 11.5 Å². The van der Waals surface area contributed by atoms with E-state index >= 15 is 0 Å². The molecule has 0 radical (unpaired) electrons. The van der Waals surface area contributed by atoms with Crippen LogP contribution < -0.4 is 19.9 Å². The van der Waals surface area contributed by atoms with Gasteiger partial charge in [-0.3, -0.25) is 9.78 Å². The number of anilines is 1. The van der Waals surface area contributed by atoms with Gasteiger partial charge in [0.05, 0.1) is 30.8 Å². The predicted molar refractivity (Wildman–Crippen MR) is 140 cm³/mol. The van der Waals surface area contributed by atoms with Gasteiger partial charge in [-0.2, -0.15) is 0 Å². The third-order valence-corrected chi connectivity index (χ3v) is 7.07. The van der Waals surface area contributed by atoms with Crippen molar-refractivity contribution in [3.05, 3.63) is 51.3 Å². The summed E-state index contributed by atoms with van der Waals surface area (Å²) in [5.41, 5.74) is 4.83. The van der Waals surface area contributed by atoms with E-state index < -0.39 is 0 Å². The summed E-state index contributed by atoms with van der Waals surface area (Å²) >= 11 is 0. The summed E-state index contributed by atoms with van der Waals surface area (Å²) in [5, 5.41) is 0.553. The summed E-state index contributed by atoms with van der Waals surface area (Å²) in [5.74, 6) is 2.97. The Morgan fingerprint density at radius 1 is 1.14 bits per heavy atom. The Morgan fingerprint density at radius 2 is 1.97 bits per heavy atom. The molecule has 0 amide bonds. The summed E-state index contributed by atoms with van der Waals surface area (Å²) in [6.07, 6.45) is 3.03. The topological polar surface area (TPSA) is 83.0 Å². The van der Waals surface area contributed by atoms with Gasteiger partial charge in [-0.15, -0.1) is 0 Å². The van der Waals surface area contributed by atoms with Gasteiger partial charge in [0.25, 0.3) is 5.56 Å². The normalized spacial score (nSPS) is 16.9. The molecule has 0 aliphatic carbocycles. The maximum Gasteiger partial charge on any atom is 0.260 e. The van der Waals surface area contributed by atoms with Crippen LogP contribution in [0.25, 0.3) is 10.9 Å². The molecular weight excluding hydrogens is 442 g/mol. The molecule has 0 atom stereocenters. The van der Waals surface area contributed by atoms with Gasteiger partial charge in [0.2, 0.25) is 5.95 Å². The van der Waals surface area contributed by atoms with E-state index in [9.17, 15) is 4.79 Å². The van der Waals surface area contributed by atoms with E-state index in [0.717, 1.165) is 49.4 Å². The molecule has 2 aliphatic heterocycles. The highest BCUT2D eigenvalue weighted by molar-refractivity contribution is 5.88. The van der Waals surface area contributed by atoms with Crippen LogP contribution >= 0.6 is 0 Å². The lowest BCUT2D eigenvalue weighted by atomic mass is 9.96. The minimum Gasteiger partial charge on any atom is -0.493 e. The van der Waals surface area contributed by atoms with Gasteiger partial charge < -0.3 is 19.3 Å². The maximum atomic E-state index is 13.3.